The molecule has 0 bridgehead atoms. The Bertz CT molecular complexity index is 1050. The fourth-order valence-corrected chi connectivity index (χ4v) is 3.73. The minimum absolute atomic E-state index is 0.0358. The number of carbonyl (C=O) groups excluding carboxylic acids is 2. The molecule has 2 aromatic carbocycles. The summed E-state index contributed by atoms with van der Waals surface area (Å²) in [5.74, 6) is -0.437. The van der Waals surface area contributed by atoms with Crippen LogP contribution in [0.25, 0.3) is 0 Å². The number of para-hydroxylation sites is 1. The highest BCUT2D eigenvalue weighted by molar-refractivity contribution is 7.13. The van der Waals surface area contributed by atoms with Crippen LogP contribution in [-0.4, -0.2) is 40.0 Å². The van der Waals surface area contributed by atoms with Crippen LogP contribution in [0.3, 0.4) is 0 Å². The van der Waals surface area contributed by atoms with Crippen LogP contribution in [0.1, 0.15) is 38.0 Å². The number of hydrogen-bond acceptors (Lipinski definition) is 6. The molecule has 7 nitrogen and oxygen atoms in total. The Kier molecular flexibility index (Phi) is 5.99. The number of ether oxygens (including phenoxy) is 1. The standard InChI is InChI=1S/C21H19FN4O3S/c22-16-5-1-2-6-17(16)23-19(27)20-25-24-18(30-20)13-29-15-9-7-14(8-10-15)21(28)26-11-3-4-12-26/h1-2,5-10H,3-4,11-13H2,(H,23,27). The van der Waals surface area contributed by atoms with E-state index in [0.29, 0.717) is 16.3 Å². The molecule has 2 amide bonds. The van der Waals surface area contributed by atoms with E-state index in [9.17, 15) is 14.0 Å². The summed E-state index contributed by atoms with van der Waals surface area (Å²) in [4.78, 5) is 26.4. The smallest absolute Gasteiger partial charge is 0.286 e. The van der Waals surface area contributed by atoms with Gasteiger partial charge in [0.2, 0.25) is 5.01 Å². The van der Waals surface area contributed by atoms with Crippen LogP contribution in [0.4, 0.5) is 10.1 Å². The van der Waals surface area contributed by atoms with Crippen LogP contribution in [0.5, 0.6) is 5.75 Å². The average molecular weight is 426 g/mol. The summed E-state index contributed by atoms with van der Waals surface area (Å²) < 4.78 is 19.3. The van der Waals surface area contributed by atoms with Crippen LogP contribution in [0.2, 0.25) is 0 Å². The molecule has 1 aliphatic heterocycles. The number of aromatic nitrogens is 2. The quantitative estimate of drug-likeness (QED) is 0.649. The molecule has 0 aliphatic carbocycles. The molecule has 3 aromatic rings. The minimum Gasteiger partial charge on any atom is -0.486 e. The van der Waals surface area contributed by atoms with Crippen molar-refractivity contribution in [1.29, 1.82) is 0 Å². The maximum atomic E-state index is 13.7. The van der Waals surface area contributed by atoms with Gasteiger partial charge in [-0.3, -0.25) is 9.59 Å². The lowest BCUT2D eigenvalue weighted by atomic mass is 10.2. The van der Waals surface area contributed by atoms with E-state index in [1.807, 2.05) is 4.90 Å². The van der Waals surface area contributed by atoms with Crippen molar-refractivity contribution in [3.8, 4) is 5.75 Å². The summed E-state index contributed by atoms with van der Waals surface area (Å²) in [7, 11) is 0. The third kappa shape index (κ3) is 4.62. The van der Waals surface area contributed by atoms with Gasteiger partial charge in [-0.1, -0.05) is 23.5 Å². The van der Waals surface area contributed by atoms with Gasteiger partial charge in [0.05, 0.1) is 5.69 Å². The lowest BCUT2D eigenvalue weighted by Crippen LogP contribution is -2.27. The second-order valence-corrected chi connectivity index (χ2v) is 7.81. The molecule has 0 unspecified atom stereocenters. The topological polar surface area (TPSA) is 84.4 Å². The first-order chi connectivity index (χ1) is 14.6. The highest BCUT2D eigenvalue weighted by Crippen LogP contribution is 2.20. The SMILES string of the molecule is O=C(Nc1ccccc1F)c1nnc(COc2ccc(C(=O)N3CCCC3)cc2)s1. The molecular formula is C21H19FN4O3S. The van der Waals surface area contributed by atoms with E-state index in [1.165, 1.54) is 12.1 Å². The number of nitrogens with one attached hydrogen (secondary N) is 1. The molecule has 0 atom stereocenters. The highest BCUT2D eigenvalue weighted by Gasteiger charge is 2.19. The summed E-state index contributed by atoms with van der Waals surface area (Å²) in [6, 6.07) is 12.8. The van der Waals surface area contributed by atoms with Crippen LogP contribution >= 0.6 is 11.3 Å². The zero-order chi connectivity index (χ0) is 20.9. The summed E-state index contributed by atoms with van der Waals surface area (Å²) in [5.41, 5.74) is 0.714. The molecule has 1 saturated heterocycles. The number of likely N-dealkylation sites (tertiary alicyclic amines) is 1. The van der Waals surface area contributed by atoms with Crippen molar-refractivity contribution in [2.75, 3.05) is 18.4 Å². The molecule has 0 saturated carbocycles. The monoisotopic (exact) mass is 426 g/mol. The largest absolute Gasteiger partial charge is 0.486 e. The number of rotatable bonds is 6. The third-order valence-corrected chi connectivity index (χ3v) is 5.54. The molecule has 154 valence electrons. The Morgan fingerprint density at radius 1 is 1.07 bits per heavy atom. The van der Waals surface area contributed by atoms with E-state index < -0.39 is 11.7 Å². The maximum absolute atomic E-state index is 13.7. The van der Waals surface area contributed by atoms with E-state index in [2.05, 4.69) is 15.5 Å². The molecule has 0 spiro atoms. The third-order valence-electron chi connectivity index (χ3n) is 4.64. The molecule has 1 aromatic heterocycles. The number of amides is 2. The van der Waals surface area contributed by atoms with E-state index in [1.54, 1.807) is 36.4 Å². The molecule has 9 heteroatoms. The number of benzene rings is 2. The van der Waals surface area contributed by atoms with Crippen LogP contribution < -0.4 is 10.1 Å². The number of hydrogen-bond donors (Lipinski definition) is 1. The van der Waals surface area contributed by atoms with Gasteiger partial charge in [0, 0.05) is 18.7 Å². The second-order valence-electron chi connectivity index (χ2n) is 6.75. The highest BCUT2D eigenvalue weighted by atomic mass is 32.1. The Hall–Kier alpha value is -3.33. The number of anilines is 1. The summed E-state index contributed by atoms with van der Waals surface area (Å²) in [5, 5.41) is 10.9. The molecular weight excluding hydrogens is 407 g/mol. The van der Waals surface area contributed by atoms with Crippen molar-refractivity contribution < 1.29 is 18.7 Å². The van der Waals surface area contributed by atoms with Gasteiger partial charge in [-0.2, -0.15) is 0 Å². The van der Waals surface area contributed by atoms with Crippen LogP contribution in [0.15, 0.2) is 48.5 Å². The lowest BCUT2D eigenvalue weighted by molar-refractivity contribution is 0.0792. The molecule has 4 rings (SSSR count). The lowest BCUT2D eigenvalue weighted by Gasteiger charge is -2.15. The molecule has 30 heavy (non-hydrogen) atoms. The van der Waals surface area contributed by atoms with E-state index >= 15 is 0 Å². The van der Waals surface area contributed by atoms with Gasteiger partial charge in [-0.25, -0.2) is 4.39 Å². The molecule has 1 N–H and O–H groups in total. The van der Waals surface area contributed by atoms with Crippen LogP contribution in [-0.2, 0) is 6.61 Å². The Morgan fingerprint density at radius 2 is 1.80 bits per heavy atom. The van der Waals surface area contributed by atoms with E-state index in [4.69, 9.17) is 4.74 Å². The van der Waals surface area contributed by atoms with Crippen molar-refractivity contribution in [1.82, 2.24) is 15.1 Å². The first kappa shape index (κ1) is 20.0. The first-order valence-electron chi connectivity index (χ1n) is 9.50. The Labute approximate surface area is 176 Å². The van der Waals surface area contributed by atoms with Crippen molar-refractivity contribution in [2.45, 2.75) is 19.4 Å². The van der Waals surface area contributed by atoms with Crippen molar-refractivity contribution in [3.05, 3.63) is 69.9 Å². The van der Waals surface area contributed by atoms with Crippen molar-refractivity contribution in [2.24, 2.45) is 0 Å². The summed E-state index contributed by atoms with van der Waals surface area (Å²) in [6.07, 6.45) is 2.10. The van der Waals surface area contributed by atoms with Gasteiger partial charge in [-0.15, -0.1) is 10.2 Å². The van der Waals surface area contributed by atoms with Gasteiger partial charge >= 0.3 is 0 Å². The summed E-state index contributed by atoms with van der Waals surface area (Å²) in [6.45, 7) is 1.74. The predicted octanol–water partition coefficient (Wildman–Crippen LogP) is 3.74. The fourth-order valence-electron chi connectivity index (χ4n) is 3.08. The first-order valence-corrected chi connectivity index (χ1v) is 10.3. The van der Waals surface area contributed by atoms with Crippen molar-refractivity contribution in [3.63, 3.8) is 0 Å². The average Bonchev–Trinajstić information content (AvgIpc) is 3.46. The zero-order valence-corrected chi connectivity index (χ0v) is 16.8. The molecule has 2 heterocycles. The maximum Gasteiger partial charge on any atom is 0.286 e. The predicted molar refractivity (Wildman–Crippen MR) is 110 cm³/mol. The van der Waals surface area contributed by atoms with Gasteiger partial charge < -0.3 is 15.0 Å². The van der Waals surface area contributed by atoms with E-state index in [-0.39, 0.29) is 23.2 Å². The summed E-state index contributed by atoms with van der Waals surface area (Å²) >= 11 is 1.07. The van der Waals surface area contributed by atoms with Crippen LogP contribution in [0, 0.1) is 5.82 Å². The van der Waals surface area contributed by atoms with E-state index in [0.717, 1.165) is 37.3 Å². The minimum atomic E-state index is -0.534. The molecule has 1 aliphatic rings. The number of nitrogens with zero attached hydrogens (tertiary/aromatic N) is 3. The Balaban J connectivity index is 1.32. The normalized spacial score (nSPS) is 13.3. The fraction of sp³-hybridized carbons (Fsp3) is 0.238. The molecule has 0 radical (unpaired) electrons. The number of halogens is 1. The Morgan fingerprint density at radius 3 is 2.53 bits per heavy atom. The molecule has 1 fully saturated rings. The number of carbonyl (C=O) groups is 2. The van der Waals surface area contributed by atoms with Gasteiger partial charge in [0.25, 0.3) is 11.8 Å². The van der Waals surface area contributed by atoms with Gasteiger partial charge in [0.15, 0.2) is 5.01 Å². The van der Waals surface area contributed by atoms with Gasteiger partial charge in [0.1, 0.15) is 18.2 Å². The second kappa shape index (κ2) is 9.00. The van der Waals surface area contributed by atoms with Gasteiger partial charge in [-0.05, 0) is 49.2 Å². The van der Waals surface area contributed by atoms with Crippen molar-refractivity contribution >= 4 is 28.8 Å². The zero-order valence-electron chi connectivity index (χ0n) is 16.0.